The number of nitrogens with one attached hydrogen (secondary N) is 2. The highest BCUT2D eigenvalue weighted by molar-refractivity contribution is 5.33. The number of likely N-dealkylation sites (N-methyl/N-ethyl adjacent to an activating group) is 1. The molecule has 0 aromatic heterocycles. The van der Waals surface area contributed by atoms with Gasteiger partial charge in [-0.2, -0.15) is 0 Å². The fourth-order valence-electron chi connectivity index (χ4n) is 2.82. The lowest BCUT2D eigenvalue weighted by Crippen LogP contribution is -2.45. The van der Waals surface area contributed by atoms with Crippen molar-refractivity contribution in [3.05, 3.63) is 29.8 Å². The van der Waals surface area contributed by atoms with E-state index in [9.17, 15) is 13.2 Å². The minimum absolute atomic E-state index is 0.0171. The van der Waals surface area contributed by atoms with Crippen LogP contribution in [0.5, 0.6) is 5.75 Å². The van der Waals surface area contributed by atoms with Crippen LogP contribution in [0.25, 0.3) is 0 Å². The van der Waals surface area contributed by atoms with Crippen LogP contribution in [0.2, 0.25) is 0 Å². The van der Waals surface area contributed by atoms with Crippen molar-refractivity contribution in [2.45, 2.75) is 24.6 Å². The Morgan fingerprint density at radius 1 is 1.20 bits per heavy atom. The molecule has 1 saturated heterocycles. The van der Waals surface area contributed by atoms with Gasteiger partial charge in [-0.3, -0.25) is 0 Å². The third-order valence-corrected chi connectivity index (χ3v) is 3.78. The summed E-state index contributed by atoms with van der Waals surface area (Å²) in [6.45, 7) is 2.65. The van der Waals surface area contributed by atoms with Crippen molar-refractivity contribution in [1.82, 2.24) is 10.6 Å². The van der Waals surface area contributed by atoms with Gasteiger partial charge in [0.15, 0.2) is 0 Å². The summed E-state index contributed by atoms with van der Waals surface area (Å²) in [5, 5.41) is 6.50. The molecule has 0 amide bonds. The minimum atomic E-state index is -4.64. The van der Waals surface area contributed by atoms with Gasteiger partial charge in [-0.15, -0.1) is 13.2 Å². The summed E-state index contributed by atoms with van der Waals surface area (Å²) in [6.07, 6.45) is -2.71. The van der Waals surface area contributed by atoms with Crippen molar-refractivity contribution in [2.24, 2.45) is 0 Å². The summed E-state index contributed by atoms with van der Waals surface area (Å²) in [7, 11) is 1.89. The third kappa shape index (κ3) is 3.64. The van der Waals surface area contributed by atoms with Crippen LogP contribution in [0.1, 0.15) is 18.4 Å². The number of rotatable bonds is 4. The smallest absolute Gasteiger partial charge is 0.406 e. The van der Waals surface area contributed by atoms with Crippen LogP contribution in [-0.4, -0.2) is 33.0 Å². The van der Waals surface area contributed by atoms with Gasteiger partial charge in [-0.05, 0) is 50.7 Å². The molecular weight excluding hydrogens is 269 g/mol. The zero-order valence-corrected chi connectivity index (χ0v) is 11.4. The van der Waals surface area contributed by atoms with E-state index in [-0.39, 0.29) is 11.2 Å². The summed E-state index contributed by atoms with van der Waals surface area (Å²) < 4.78 is 40.4. The fraction of sp³-hybridized carbons (Fsp3) is 0.571. The molecule has 2 N–H and O–H groups in total. The average Bonchev–Trinajstić information content (AvgIpc) is 2.39. The van der Waals surface area contributed by atoms with E-state index in [0.29, 0.717) is 0 Å². The lowest BCUT2D eigenvalue weighted by atomic mass is 9.73. The van der Waals surface area contributed by atoms with Gasteiger partial charge in [0.25, 0.3) is 0 Å². The van der Waals surface area contributed by atoms with Crippen molar-refractivity contribution in [1.29, 1.82) is 0 Å². The molecule has 0 atom stereocenters. The molecule has 1 aromatic rings. The lowest BCUT2D eigenvalue weighted by molar-refractivity contribution is -0.274. The Morgan fingerprint density at radius 3 is 2.30 bits per heavy atom. The van der Waals surface area contributed by atoms with Gasteiger partial charge in [0.1, 0.15) is 5.75 Å². The number of alkyl halides is 3. The number of piperidine rings is 1. The van der Waals surface area contributed by atoms with Crippen molar-refractivity contribution >= 4 is 0 Å². The second-order valence-corrected chi connectivity index (χ2v) is 5.13. The highest BCUT2D eigenvalue weighted by Crippen LogP contribution is 2.34. The average molecular weight is 288 g/mol. The van der Waals surface area contributed by atoms with E-state index >= 15 is 0 Å². The monoisotopic (exact) mass is 288 g/mol. The molecular formula is C14H19F3N2O. The minimum Gasteiger partial charge on any atom is -0.406 e. The first-order chi connectivity index (χ1) is 9.45. The summed E-state index contributed by atoms with van der Waals surface area (Å²) in [6, 6.07) is 6.26. The van der Waals surface area contributed by atoms with Crippen LogP contribution in [0.15, 0.2) is 24.3 Å². The first-order valence-corrected chi connectivity index (χ1v) is 6.67. The van der Waals surface area contributed by atoms with Crippen molar-refractivity contribution < 1.29 is 17.9 Å². The summed E-state index contributed by atoms with van der Waals surface area (Å²) in [5.74, 6) is -0.171. The molecule has 0 unspecified atom stereocenters. The summed E-state index contributed by atoms with van der Waals surface area (Å²) in [5.41, 5.74) is 1.04. The van der Waals surface area contributed by atoms with E-state index in [1.54, 1.807) is 12.1 Å². The standard InChI is InChI=1S/C14H19F3N2O/c1-18-10-13(6-8-19-9-7-13)11-2-4-12(5-3-11)20-14(15,16)17/h2-5,18-19H,6-10H2,1H3. The zero-order valence-electron chi connectivity index (χ0n) is 11.4. The van der Waals surface area contributed by atoms with Gasteiger partial charge in [-0.25, -0.2) is 0 Å². The number of ether oxygens (including phenoxy) is 1. The predicted octanol–water partition coefficient (Wildman–Crippen LogP) is 2.43. The molecule has 1 aromatic carbocycles. The van der Waals surface area contributed by atoms with Crippen LogP contribution in [0.3, 0.4) is 0 Å². The molecule has 1 aliphatic heterocycles. The van der Waals surface area contributed by atoms with Crippen molar-refractivity contribution in [3.63, 3.8) is 0 Å². The van der Waals surface area contributed by atoms with Crippen molar-refractivity contribution in [3.8, 4) is 5.75 Å². The van der Waals surface area contributed by atoms with Gasteiger partial charge < -0.3 is 15.4 Å². The van der Waals surface area contributed by atoms with Crippen molar-refractivity contribution in [2.75, 3.05) is 26.7 Å². The Kier molecular flexibility index (Phi) is 4.55. The Labute approximate surface area is 116 Å². The molecule has 0 aliphatic carbocycles. The number of halogens is 3. The SMILES string of the molecule is CNCC1(c2ccc(OC(F)(F)F)cc2)CCNCC1. The van der Waals surface area contributed by atoms with E-state index in [0.717, 1.165) is 38.0 Å². The van der Waals surface area contributed by atoms with Crippen LogP contribution in [0, 0.1) is 0 Å². The molecule has 0 spiro atoms. The Balaban J connectivity index is 2.18. The molecule has 20 heavy (non-hydrogen) atoms. The highest BCUT2D eigenvalue weighted by atomic mass is 19.4. The van der Waals surface area contributed by atoms with Crippen LogP contribution >= 0.6 is 0 Å². The first kappa shape index (κ1) is 15.1. The van der Waals surface area contributed by atoms with E-state index in [1.807, 2.05) is 7.05 Å². The summed E-state index contributed by atoms with van der Waals surface area (Å²) in [4.78, 5) is 0. The fourth-order valence-corrected chi connectivity index (χ4v) is 2.82. The van der Waals surface area contributed by atoms with Gasteiger partial charge in [0.2, 0.25) is 0 Å². The van der Waals surface area contributed by atoms with Crippen LogP contribution in [-0.2, 0) is 5.41 Å². The number of hydrogen-bond donors (Lipinski definition) is 2. The maximum Gasteiger partial charge on any atom is 0.573 e. The Bertz CT molecular complexity index is 420. The molecule has 1 heterocycles. The second-order valence-electron chi connectivity index (χ2n) is 5.13. The molecule has 0 bridgehead atoms. The topological polar surface area (TPSA) is 33.3 Å². The Hall–Kier alpha value is -1.27. The van der Waals surface area contributed by atoms with Gasteiger partial charge in [0.05, 0.1) is 0 Å². The highest BCUT2D eigenvalue weighted by Gasteiger charge is 2.34. The summed E-state index contributed by atoms with van der Waals surface area (Å²) >= 11 is 0. The lowest BCUT2D eigenvalue weighted by Gasteiger charge is -2.38. The number of benzene rings is 1. The normalized spacial score (nSPS) is 18.8. The van der Waals surface area contributed by atoms with Gasteiger partial charge in [0, 0.05) is 12.0 Å². The van der Waals surface area contributed by atoms with E-state index in [4.69, 9.17) is 0 Å². The van der Waals surface area contributed by atoms with Crippen LogP contribution in [0.4, 0.5) is 13.2 Å². The number of hydrogen-bond acceptors (Lipinski definition) is 3. The molecule has 0 radical (unpaired) electrons. The maximum atomic E-state index is 12.2. The quantitative estimate of drug-likeness (QED) is 0.893. The Morgan fingerprint density at radius 2 is 1.80 bits per heavy atom. The van der Waals surface area contributed by atoms with Crippen LogP contribution < -0.4 is 15.4 Å². The molecule has 2 rings (SSSR count). The van der Waals surface area contributed by atoms with E-state index in [2.05, 4.69) is 15.4 Å². The van der Waals surface area contributed by atoms with Gasteiger partial charge in [-0.1, -0.05) is 12.1 Å². The predicted molar refractivity (Wildman–Crippen MR) is 70.8 cm³/mol. The molecule has 1 aliphatic rings. The third-order valence-electron chi connectivity index (χ3n) is 3.78. The zero-order chi connectivity index (χ0) is 14.6. The molecule has 0 saturated carbocycles. The van der Waals surface area contributed by atoms with E-state index in [1.165, 1.54) is 12.1 Å². The molecule has 6 heteroatoms. The molecule has 3 nitrogen and oxygen atoms in total. The largest absolute Gasteiger partial charge is 0.573 e. The molecule has 112 valence electrons. The maximum absolute atomic E-state index is 12.2. The molecule has 1 fully saturated rings. The van der Waals surface area contributed by atoms with Gasteiger partial charge >= 0.3 is 6.36 Å². The first-order valence-electron chi connectivity index (χ1n) is 6.67. The second kappa shape index (κ2) is 6.01. The van der Waals surface area contributed by atoms with E-state index < -0.39 is 6.36 Å².